The zero-order valence-electron chi connectivity index (χ0n) is 10.6. The van der Waals surface area contributed by atoms with Gasteiger partial charge in [-0.25, -0.2) is 0 Å². The van der Waals surface area contributed by atoms with Crippen molar-refractivity contribution in [1.29, 1.82) is 0 Å². The number of carbonyl (C=O) groups excluding carboxylic acids is 1. The van der Waals surface area contributed by atoms with Crippen molar-refractivity contribution in [1.82, 2.24) is 9.69 Å². The number of amides is 1. The van der Waals surface area contributed by atoms with Crippen molar-refractivity contribution in [2.75, 3.05) is 11.1 Å². The number of aromatic nitrogens is 1. The summed E-state index contributed by atoms with van der Waals surface area (Å²) in [6, 6.07) is 0.756. The second kappa shape index (κ2) is 3.85. The number of hydrogen-bond donors (Lipinski definition) is 3. The van der Waals surface area contributed by atoms with E-state index in [0.717, 1.165) is 24.3 Å². The maximum Gasteiger partial charge on any atom is 0.258 e. The summed E-state index contributed by atoms with van der Waals surface area (Å²) in [5.74, 6) is 0.240. The van der Waals surface area contributed by atoms with E-state index in [1.807, 2.05) is 0 Å². The number of carbonyl (C=O) groups is 1. The van der Waals surface area contributed by atoms with Crippen LogP contribution in [0.3, 0.4) is 0 Å². The van der Waals surface area contributed by atoms with Gasteiger partial charge in [0.25, 0.3) is 5.91 Å². The molecule has 6 heteroatoms. The summed E-state index contributed by atoms with van der Waals surface area (Å²) in [5, 5.41) is 7.15. The molecular formula is C12H18N4OS. The second-order valence-corrected chi connectivity index (χ2v) is 6.68. The molecule has 18 heavy (non-hydrogen) atoms. The first kappa shape index (κ1) is 11.8. The average molecular weight is 266 g/mol. The lowest BCUT2D eigenvalue weighted by Gasteiger charge is -2.08. The molecule has 0 spiro atoms. The standard InChI is InChI=1S/C12H18N4OS/c1-12(2)5-7(12)15-11-8(9(13)16-18-11)10(17)14-6-3-4-6/h6-7,15H,3-5H2,1-2H3,(H2,13,16)(H,14,17). The summed E-state index contributed by atoms with van der Waals surface area (Å²) in [6.07, 6.45) is 3.26. The van der Waals surface area contributed by atoms with Crippen LogP contribution in [0.5, 0.6) is 0 Å². The van der Waals surface area contributed by atoms with E-state index in [4.69, 9.17) is 5.73 Å². The molecule has 5 nitrogen and oxygen atoms in total. The monoisotopic (exact) mass is 266 g/mol. The number of anilines is 2. The smallest absolute Gasteiger partial charge is 0.258 e. The van der Waals surface area contributed by atoms with Gasteiger partial charge in [0.2, 0.25) is 0 Å². The Labute approximate surface area is 110 Å². The fourth-order valence-corrected chi connectivity index (χ4v) is 2.74. The highest BCUT2D eigenvalue weighted by Gasteiger charge is 2.46. The van der Waals surface area contributed by atoms with Crippen molar-refractivity contribution in [3.8, 4) is 0 Å². The molecule has 1 atom stereocenters. The van der Waals surface area contributed by atoms with Crippen LogP contribution in [0.2, 0.25) is 0 Å². The van der Waals surface area contributed by atoms with Crippen molar-refractivity contribution < 1.29 is 4.79 Å². The molecule has 1 aromatic heterocycles. The molecule has 0 aliphatic heterocycles. The lowest BCUT2D eigenvalue weighted by atomic mass is 10.2. The normalized spacial score (nSPS) is 24.7. The molecule has 0 saturated heterocycles. The zero-order valence-corrected chi connectivity index (χ0v) is 11.4. The summed E-state index contributed by atoms with van der Waals surface area (Å²) in [7, 11) is 0. The topological polar surface area (TPSA) is 80.0 Å². The van der Waals surface area contributed by atoms with Crippen LogP contribution in [-0.2, 0) is 0 Å². The summed E-state index contributed by atoms with van der Waals surface area (Å²) in [4.78, 5) is 12.1. The summed E-state index contributed by atoms with van der Waals surface area (Å²) < 4.78 is 4.09. The van der Waals surface area contributed by atoms with E-state index in [-0.39, 0.29) is 5.91 Å². The highest BCUT2D eigenvalue weighted by Crippen LogP contribution is 2.47. The van der Waals surface area contributed by atoms with Gasteiger partial charge in [0.15, 0.2) is 5.82 Å². The van der Waals surface area contributed by atoms with Crippen molar-refractivity contribution in [3.63, 3.8) is 0 Å². The lowest BCUT2D eigenvalue weighted by Crippen LogP contribution is -2.26. The third-order valence-corrected chi connectivity index (χ3v) is 4.47. The molecule has 0 bridgehead atoms. The Kier molecular flexibility index (Phi) is 2.52. The highest BCUT2D eigenvalue weighted by atomic mass is 32.1. The molecule has 0 aromatic carbocycles. The Morgan fingerprint density at radius 3 is 2.72 bits per heavy atom. The molecule has 0 radical (unpaired) electrons. The minimum atomic E-state index is -0.0929. The number of hydrogen-bond acceptors (Lipinski definition) is 5. The van der Waals surface area contributed by atoms with Crippen LogP contribution in [0, 0.1) is 5.41 Å². The van der Waals surface area contributed by atoms with E-state index in [2.05, 4.69) is 28.9 Å². The Morgan fingerprint density at radius 2 is 2.17 bits per heavy atom. The van der Waals surface area contributed by atoms with Crippen LogP contribution in [0.15, 0.2) is 0 Å². The number of rotatable bonds is 4. The summed E-state index contributed by atoms with van der Waals surface area (Å²) in [5.41, 5.74) is 6.63. The molecule has 1 heterocycles. The van der Waals surface area contributed by atoms with Gasteiger partial charge >= 0.3 is 0 Å². The fourth-order valence-electron chi connectivity index (χ4n) is 1.98. The maximum absolute atomic E-state index is 12.1. The second-order valence-electron chi connectivity index (χ2n) is 5.91. The van der Waals surface area contributed by atoms with Crippen LogP contribution in [-0.4, -0.2) is 22.4 Å². The first-order valence-corrected chi connectivity index (χ1v) is 7.07. The van der Waals surface area contributed by atoms with Crippen molar-refractivity contribution in [2.24, 2.45) is 5.41 Å². The number of nitrogens with zero attached hydrogens (tertiary/aromatic N) is 1. The molecule has 1 aromatic rings. The SMILES string of the molecule is CC1(C)CC1Nc1snc(N)c1C(=O)NC1CC1. The van der Waals surface area contributed by atoms with Gasteiger partial charge in [0.1, 0.15) is 10.6 Å². The molecule has 4 N–H and O–H groups in total. The fraction of sp³-hybridized carbons (Fsp3) is 0.667. The van der Waals surface area contributed by atoms with Crippen LogP contribution in [0.1, 0.15) is 43.5 Å². The summed E-state index contributed by atoms with van der Waals surface area (Å²) >= 11 is 1.27. The van der Waals surface area contributed by atoms with Gasteiger partial charge in [0.05, 0.1) is 0 Å². The number of nitrogens with two attached hydrogens (primary N) is 1. The van der Waals surface area contributed by atoms with E-state index in [0.29, 0.717) is 28.9 Å². The minimum absolute atomic E-state index is 0.0929. The lowest BCUT2D eigenvalue weighted by molar-refractivity contribution is 0.0953. The Morgan fingerprint density at radius 1 is 1.50 bits per heavy atom. The van der Waals surface area contributed by atoms with E-state index in [1.165, 1.54) is 11.5 Å². The van der Waals surface area contributed by atoms with Crippen molar-refractivity contribution in [2.45, 2.75) is 45.2 Å². The van der Waals surface area contributed by atoms with Crippen molar-refractivity contribution in [3.05, 3.63) is 5.56 Å². The van der Waals surface area contributed by atoms with Crippen LogP contribution >= 0.6 is 11.5 Å². The molecule has 2 aliphatic carbocycles. The molecule has 2 fully saturated rings. The molecule has 1 amide bonds. The predicted molar refractivity (Wildman–Crippen MR) is 72.8 cm³/mol. The third-order valence-electron chi connectivity index (χ3n) is 3.68. The Hall–Kier alpha value is -1.30. The van der Waals surface area contributed by atoms with Crippen LogP contribution in [0.25, 0.3) is 0 Å². The summed E-state index contributed by atoms with van der Waals surface area (Å²) in [6.45, 7) is 4.41. The van der Waals surface area contributed by atoms with Gasteiger partial charge in [-0.15, -0.1) is 0 Å². The molecule has 3 rings (SSSR count). The molecular weight excluding hydrogens is 248 g/mol. The first-order valence-electron chi connectivity index (χ1n) is 6.30. The van der Waals surface area contributed by atoms with Gasteiger partial charge in [-0.1, -0.05) is 13.8 Å². The maximum atomic E-state index is 12.1. The van der Waals surface area contributed by atoms with Crippen molar-refractivity contribution >= 4 is 28.3 Å². The van der Waals surface area contributed by atoms with Crippen LogP contribution < -0.4 is 16.4 Å². The largest absolute Gasteiger partial charge is 0.382 e. The van der Waals surface area contributed by atoms with Gasteiger partial charge in [0, 0.05) is 12.1 Å². The molecule has 1 unspecified atom stereocenters. The predicted octanol–water partition coefficient (Wildman–Crippen LogP) is 1.83. The number of nitrogens with one attached hydrogen (secondary N) is 2. The average Bonchev–Trinajstić information content (AvgIpc) is 3.14. The first-order chi connectivity index (χ1) is 8.47. The zero-order chi connectivity index (χ0) is 12.9. The quantitative estimate of drug-likeness (QED) is 0.776. The minimum Gasteiger partial charge on any atom is -0.382 e. The van der Waals surface area contributed by atoms with Gasteiger partial charge in [-0.05, 0) is 36.2 Å². The van der Waals surface area contributed by atoms with Gasteiger partial charge < -0.3 is 16.4 Å². The van der Waals surface area contributed by atoms with Crippen LogP contribution in [0.4, 0.5) is 10.8 Å². The Bertz CT molecular complexity index is 492. The molecule has 2 saturated carbocycles. The Balaban J connectivity index is 1.75. The van der Waals surface area contributed by atoms with E-state index in [9.17, 15) is 4.79 Å². The van der Waals surface area contributed by atoms with E-state index in [1.54, 1.807) is 0 Å². The highest BCUT2D eigenvalue weighted by molar-refractivity contribution is 7.11. The third kappa shape index (κ3) is 2.16. The number of nitrogen functional groups attached to an aromatic ring is 1. The molecule has 2 aliphatic rings. The van der Waals surface area contributed by atoms with E-state index < -0.39 is 0 Å². The van der Waals surface area contributed by atoms with Gasteiger partial charge in [-0.3, -0.25) is 4.79 Å². The molecule has 98 valence electrons. The van der Waals surface area contributed by atoms with Gasteiger partial charge in [-0.2, -0.15) is 4.37 Å². The van der Waals surface area contributed by atoms with E-state index >= 15 is 0 Å².